The second kappa shape index (κ2) is 7.34. The van der Waals surface area contributed by atoms with Crippen molar-refractivity contribution in [3.63, 3.8) is 0 Å². The molecule has 1 aromatic heterocycles. The summed E-state index contributed by atoms with van der Waals surface area (Å²) in [4.78, 5) is 0. The van der Waals surface area contributed by atoms with Crippen molar-refractivity contribution in [2.24, 2.45) is 0 Å². The van der Waals surface area contributed by atoms with Gasteiger partial charge in [0.05, 0.1) is 6.07 Å². The summed E-state index contributed by atoms with van der Waals surface area (Å²) in [6.07, 6.45) is 6.10. The van der Waals surface area contributed by atoms with E-state index in [9.17, 15) is 0 Å². The van der Waals surface area contributed by atoms with Crippen molar-refractivity contribution in [3.05, 3.63) is 24.5 Å². The van der Waals surface area contributed by atoms with Crippen LogP contribution in [0.2, 0.25) is 0 Å². The van der Waals surface area contributed by atoms with Crippen LogP contribution in [-0.2, 0) is 6.54 Å². The number of pyridine rings is 1. The first kappa shape index (κ1) is 12.9. The number of hydrogen-bond acceptors (Lipinski definition) is 2. The molecule has 1 aromatic rings. The van der Waals surface area contributed by atoms with Crippen molar-refractivity contribution < 1.29 is 26.7 Å². The number of nitriles is 1. The van der Waals surface area contributed by atoms with Gasteiger partial charge in [0.25, 0.3) is 0 Å². The summed E-state index contributed by atoms with van der Waals surface area (Å²) in [6, 6.07) is 5.56. The zero-order chi connectivity index (χ0) is 9.52. The number of aryl methyl sites for hydroxylation is 1. The largest absolute Gasteiger partial charge is 1.00 e. The van der Waals surface area contributed by atoms with Crippen molar-refractivity contribution >= 4 is 0 Å². The molecule has 0 amide bonds. The predicted octanol–water partition coefficient (Wildman–Crippen LogP) is -1.62. The molecule has 0 aliphatic carbocycles. The summed E-state index contributed by atoms with van der Waals surface area (Å²) in [5.41, 5.74) is 0. The number of unbranched alkanes of at least 4 members (excludes halogenated alkanes) is 2. The molecular weight excluding hydrogens is 244 g/mol. The van der Waals surface area contributed by atoms with E-state index in [0.29, 0.717) is 6.42 Å². The van der Waals surface area contributed by atoms with Gasteiger partial charge in [0.2, 0.25) is 6.20 Å². The van der Waals surface area contributed by atoms with Crippen molar-refractivity contribution in [2.45, 2.75) is 25.8 Å². The van der Waals surface area contributed by atoms with Crippen molar-refractivity contribution in [3.8, 4) is 11.8 Å². The van der Waals surface area contributed by atoms with Gasteiger partial charge < -0.3 is 22.1 Å². The molecule has 4 heteroatoms. The molecule has 0 aromatic carbocycles. The minimum absolute atomic E-state index is 0. The minimum Gasteiger partial charge on any atom is -1.00 e. The molecule has 0 radical (unpaired) electrons. The maximum atomic E-state index is 9.14. The molecule has 0 bridgehead atoms. The van der Waals surface area contributed by atoms with Crippen LogP contribution in [0.15, 0.2) is 24.5 Å². The van der Waals surface area contributed by atoms with Crippen molar-refractivity contribution in [1.82, 2.24) is 0 Å². The molecule has 0 fully saturated rings. The molecule has 0 aliphatic heterocycles. The Morgan fingerprint density at radius 2 is 2.21 bits per heavy atom. The summed E-state index contributed by atoms with van der Waals surface area (Å²) >= 11 is 0. The lowest BCUT2D eigenvalue weighted by Crippen LogP contribution is -3.00. The Morgan fingerprint density at radius 1 is 1.43 bits per heavy atom. The van der Waals surface area contributed by atoms with E-state index in [-0.39, 0.29) is 22.7 Å². The van der Waals surface area contributed by atoms with Gasteiger partial charge in [0.15, 0.2) is 11.9 Å². The Bertz CT molecular complexity index is 309. The van der Waals surface area contributed by atoms with Crippen LogP contribution in [0.5, 0.6) is 5.75 Å². The number of nitrogens with zero attached hydrogens (tertiary/aromatic N) is 2. The van der Waals surface area contributed by atoms with Gasteiger partial charge in [0, 0.05) is 18.9 Å². The van der Waals surface area contributed by atoms with E-state index in [1.807, 2.05) is 10.8 Å². The van der Waals surface area contributed by atoms with Gasteiger partial charge in [-0.05, 0) is 12.5 Å². The molecule has 0 atom stereocenters. The molecule has 14 heavy (non-hydrogen) atoms. The molecule has 76 valence electrons. The molecule has 0 aliphatic rings. The van der Waals surface area contributed by atoms with E-state index in [1.54, 1.807) is 18.3 Å². The summed E-state index contributed by atoms with van der Waals surface area (Å²) < 4.78 is 1.92. The van der Waals surface area contributed by atoms with E-state index in [0.717, 1.165) is 19.4 Å². The SMILES string of the molecule is N#CCCCC[n+]1cccc(O)c1.[Br-]. The zero-order valence-electron chi connectivity index (χ0n) is 7.86. The van der Waals surface area contributed by atoms with Gasteiger partial charge in [-0.3, -0.25) is 0 Å². The Balaban J connectivity index is 0.00000169. The second-order valence-corrected chi connectivity index (χ2v) is 2.92. The first-order valence-corrected chi connectivity index (χ1v) is 4.38. The highest BCUT2D eigenvalue weighted by Crippen LogP contribution is 2.01. The maximum absolute atomic E-state index is 9.14. The van der Waals surface area contributed by atoms with Crippen LogP contribution < -0.4 is 21.5 Å². The van der Waals surface area contributed by atoms with Gasteiger partial charge in [-0.15, -0.1) is 0 Å². The Kier molecular flexibility index (Phi) is 6.77. The number of hydrogen-bond donors (Lipinski definition) is 1. The van der Waals surface area contributed by atoms with Crippen LogP contribution in [0.25, 0.3) is 0 Å². The summed E-state index contributed by atoms with van der Waals surface area (Å²) in [5, 5.41) is 17.5. The van der Waals surface area contributed by atoms with E-state index in [4.69, 9.17) is 10.4 Å². The first-order chi connectivity index (χ1) is 6.33. The fraction of sp³-hybridized carbons (Fsp3) is 0.400. The Hall–Kier alpha value is -1.08. The molecule has 0 saturated carbocycles. The zero-order valence-corrected chi connectivity index (χ0v) is 9.44. The van der Waals surface area contributed by atoms with Gasteiger partial charge in [0.1, 0.15) is 6.54 Å². The highest BCUT2D eigenvalue weighted by molar-refractivity contribution is 5.09. The van der Waals surface area contributed by atoms with Crippen LogP contribution in [0, 0.1) is 11.3 Å². The standard InChI is InChI=1S/C10H12N2O.BrH/c11-6-2-1-3-7-12-8-4-5-10(13)9-12;/h4-5,8-9H,1-3,7H2;1H. The fourth-order valence-corrected chi connectivity index (χ4v) is 1.15. The third-order valence-electron chi connectivity index (χ3n) is 1.80. The van der Waals surface area contributed by atoms with Gasteiger partial charge in [-0.1, -0.05) is 0 Å². The lowest BCUT2D eigenvalue weighted by molar-refractivity contribution is -0.697. The smallest absolute Gasteiger partial charge is 0.210 e. The second-order valence-electron chi connectivity index (χ2n) is 2.92. The predicted molar refractivity (Wildman–Crippen MR) is 47.8 cm³/mol. The van der Waals surface area contributed by atoms with E-state index in [1.165, 1.54) is 0 Å². The topological polar surface area (TPSA) is 47.9 Å². The minimum atomic E-state index is 0. The molecular formula is C10H13BrN2O. The van der Waals surface area contributed by atoms with Crippen LogP contribution in [0.1, 0.15) is 19.3 Å². The lowest BCUT2D eigenvalue weighted by Gasteiger charge is -1.95. The molecule has 1 rings (SSSR count). The highest BCUT2D eigenvalue weighted by atomic mass is 79.9. The summed E-state index contributed by atoms with van der Waals surface area (Å²) in [5.74, 6) is 0.280. The number of aromatic hydroxyl groups is 1. The van der Waals surface area contributed by atoms with Crippen molar-refractivity contribution in [2.75, 3.05) is 0 Å². The Morgan fingerprint density at radius 3 is 2.86 bits per heavy atom. The molecule has 1 heterocycles. The average Bonchev–Trinajstić information content (AvgIpc) is 2.13. The van der Waals surface area contributed by atoms with E-state index < -0.39 is 0 Å². The molecule has 1 N–H and O–H groups in total. The van der Waals surface area contributed by atoms with E-state index >= 15 is 0 Å². The number of aromatic nitrogens is 1. The van der Waals surface area contributed by atoms with Gasteiger partial charge >= 0.3 is 0 Å². The first-order valence-electron chi connectivity index (χ1n) is 4.38. The lowest BCUT2D eigenvalue weighted by atomic mass is 10.2. The number of rotatable bonds is 4. The van der Waals surface area contributed by atoms with Crippen molar-refractivity contribution in [1.29, 1.82) is 5.26 Å². The molecule has 0 unspecified atom stereocenters. The molecule has 3 nitrogen and oxygen atoms in total. The summed E-state index contributed by atoms with van der Waals surface area (Å²) in [7, 11) is 0. The molecule has 0 spiro atoms. The van der Waals surface area contributed by atoms with Gasteiger partial charge in [-0.2, -0.15) is 5.26 Å². The van der Waals surface area contributed by atoms with Crippen LogP contribution >= 0.6 is 0 Å². The van der Waals surface area contributed by atoms with E-state index in [2.05, 4.69) is 6.07 Å². The third kappa shape index (κ3) is 4.83. The van der Waals surface area contributed by atoms with Gasteiger partial charge in [-0.25, -0.2) is 4.57 Å². The van der Waals surface area contributed by atoms with Crippen LogP contribution in [-0.4, -0.2) is 5.11 Å². The average molecular weight is 257 g/mol. The summed E-state index contributed by atoms with van der Waals surface area (Å²) in [6.45, 7) is 0.857. The third-order valence-corrected chi connectivity index (χ3v) is 1.80. The monoisotopic (exact) mass is 256 g/mol. The Labute approximate surface area is 94.4 Å². The normalized spacial score (nSPS) is 8.79. The highest BCUT2D eigenvalue weighted by Gasteiger charge is 2.00. The quantitative estimate of drug-likeness (QED) is 0.520. The maximum Gasteiger partial charge on any atom is 0.210 e. The molecule has 0 saturated heterocycles. The van der Waals surface area contributed by atoms with Crippen LogP contribution in [0.4, 0.5) is 0 Å². The number of halogens is 1. The van der Waals surface area contributed by atoms with Crippen LogP contribution in [0.3, 0.4) is 0 Å². The fourth-order valence-electron chi connectivity index (χ4n) is 1.15.